The summed E-state index contributed by atoms with van der Waals surface area (Å²) in [5.74, 6) is 0. The van der Waals surface area contributed by atoms with Crippen molar-refractivity contribution in [3.63, 3.8) is 0 Å². The van der Waals surface area contributed by atoms with Gasteiger partial charge in [-0.15, -0.1) is 0 Å². The third-order valence-electron chi connectivity index (χ3n) is 6.08. The van der Waals surface area contributed by atoms with E-state index in [1.165, 1.54) is 31.2 Å². The van der Waals surface area contributed by atoms with Crippen LogP contribution in [0, 0.1) is 5.41 Å². The Morgan fingerprint density at radius 3 is 2.76 bits per heavy atom. The maximum Gasteiger partial charge on any atom is 0.0969 e. The van der Waals surface area contributed by atoms with E-state index in [2.05, 4.69) is 28.5 Å². The third kappa shape index (κ3) is 3.00. The highest BCUT2D eigenvalue weighted by Crippen LogP contribution is 2.54. The molecule has 0 aliphatic heterocycles. The van der Waals surface area contributed by atoms with Crippen LogP contribution in [0.3, 0.4) is 0 Å². The first-order valence-electron chi connectivity index (χ1n) is 9.51. The summed E-state index contributed by atoms with van der Waals surface area (Å²) in [4.78, 5) is 4.11. The Labute approximate surface area is 149 Å². The van der Waals surface area contributed by atoms with Gasteiger partial charge in [0, 0.05) is 61.4 Å². The lowest BCUT2D eigenvalue weighted by atomic mass is 9.60. The minimum absolute atomic E-state index is 0.370. The van der Waals surface area contributed by atoms with Gasteiger partial charge in [-0.05, 0) is 38.3 Å². The summed E-state index contributed by atoms with van der Waals surface area (Å²) in [6.45, 7) is 3.80. The summed E-state index contributed by atoms with van der Waals surface area (Å²) in [6.07, 6.45) is 12.7. The number of aryl methyl sites for hydroxylation is 1. The predicted molar refractivity (Wildman–Crippen MR) is 98.0 cm³/mol. The lowest BCUT2D eigenvalue weighted by Crippen LogP contribution is -2.62. The first-order chi connectivity index (χ1) is 12.2. The SMILES string of the molecule is CCO[C@H]1C[C@H](NCc2cn(C)nc2-c2ccncc2)C12CCCC2. The normalized spacial score (nSPS) is 24.6. The molecule has 2 aliphatic carbocycles. The van der Waals surface area contributed by atoms with Crippen LogP contribution in [0.4, 0.5) is 0 Å². The molecule has 0 aromatic carbocycles. The molecule has 1 N–H and O–H groups in total. The lowest BCUT2D eigenvalue weighted by molar-refractivity contribution is -0.130. The molecule has 5 heteroatoms. The van der Waals surface area contributed by atoms with Crippen molar-refractivity contribution in [2.24, 2.45) is 12.5 Å². The zero-order chi connectivity index (χ0) is 17.3. The number of pyridine rings is 1. The van der Waals surface area contributed by atoms with Gasteiger partial charge in [-0.2, -0.15) is 5.10 Å². The number of hydrogen-bond acceptors (Lipinski definition) is 4. The molecule has 4 rings (SSSR count). The standard InChI is InChI=1S/C20H28N4O/c1-3-25-18-12-17(20(18)8-4-5-9-20)22-13-16-14-24(2)23-19(16)15-6-10-21-11-7-15/h6-7,10-11,14,17-18,22H,3-5,8-9,12-13H2,1-2H3/t17-,18-/m0/s1. The largest absolute Gasteiger partial charge is 0.378 e. The number of rotatable bonds is 6. The van der Waals surface area contributed by atoms with Crippen molar-refractivity contribution in [3.05, 3.63) is 36.3 Å². The average molecular weight is 340 g/mol. The van der Waals surface area contributed by atoms with Crippen LogP contribution in [0.25, 0.3) is 11.3 Å². The summed E-state index contributed by atoms with van der Waals surface area (Å²) >= 11 is 0. The van der Waals surface area contributed by atoms with Crippen molar-refractivity contribution in [3.8, 4) is 11.3 Å². The van der Waals surface area contributed by atoms with Crippen LogP contribution in [0.15, 0.2) is 30.7 Å². The summed E-state index contributed by atoms with van der Waals surface area (Å²) < 4.78 is 7.94. The zero-order valence-corrected chi connectivity index (χ0v) is 15.2. The highest BCUT2D eigenvalue weighted by atomic mass is 16.5. The Morgan fingerprint density at radius 2 is 2.04 bits per heavy atom. The third-order valence-corrected chi connectivity index (χ3v) is 6.08. The van der Waals surface area contributed by atoms with Crippen LogP contribution in [0.1, 0.15) is 44.6 Å². The molecule has 0 bridgehead atoms. The Hall–Kier alpha value is -1.72. The van der Waals surface area contributed by atoms with Gasteiger partial charge < -0.3 is 10.1 Å². The molecule has 0 amide bonds. The second-order valence-corrected chi connectivity index (χ2v) is 7.47. The zero-order valence-electron chi connectivity index (χ0n) is 15.2. The topological polar surface area (TPSA) is 52.0 Å². The van der Waals surface area contributed by atoms with Crippen molar-refractivity contribution >= 4 is 0 Å². The van der Waals surface area contributed by atoms with Crippen molar-refractivity contribution in [1.29, 1.82) is 0 Å². The molecule has 1 spiro atoms. The predicted octanol–water partition coefficient (Wildman–Crippen LogP) is 3.31. The van der Waals surface area contributed by atoms with E-state index in [-0.39, 0.29) is 0 Å². The highest BCUT2D eigenvalue weighted by Gasteiger charge is 2.56. The highest BCUT2D eigenvalue weighted by molar-refractivity contribution is 5.61. The minimum atomic E-state index is 0.370. The van der Waals surface area contributed by atoms with Gasteiger partial charge in [0.05, 0.1) is 11.8 Å². The minimum Gasteiger partial charge on any atom is -0.378 e. The van der Waals surface area contributed by atoms with E-state index < -0.39 is 0 Å². The first kappa shape index (κ1) is 16.7. The molecule has 0 saturated heterocycles. The van der Waals surface area contributed by atoms with Gasteiger partial charge in [0.15, 0.2) is 0 Å². The van der Waals surface area contributed by atoms with Gasteiger partial charge in [0.1, 0.15) is 0 Å². The van der Waals surface area contributed by atoms with Crippen LogP contribution in [-0.4, -0.2) is 33.5 Å². The van der Waals surface area contributed by atoms with Gasteiger partial charge in [-0.25, -0.2) is 0 Å². The maximum atomic E-state index is 6.03. The van der Waals surface area contributed by atoms with E-state index in [9.17, 15) is 0 Å². The second-order valence-electron chi connectivity index (χ2n) is 7.47. The quantitative estimate of drug-likeness (QED) is 0.876. The molecular weight excluding hydrogens is 312 g/mol. The molecule has 0 unspecified atom stereocenters. The van der Waals surface area contributed by atoms with Crippen molar-refractivity contribution in [2.75, 3.05) is 6.61 Å². The van der Waals surface area contributed by atoms with E-state index in [1.807, 2.05) is 36.3 Å². The summed E-state index contributed by atoms with van der Waals surface area (Å²) in [5.41, 5.74) is 3.80. The molecule has 0 radical (unpaired) electrons. The maximum absolute atomic E-state index is 6.03. The van der Waals surface area contributed by atoms with Crippen LogP contribution in [0.2, 0.25) is 0 Å². The van der Waals surface area contributed by atoms with Gasteiger partial charge in [-0.1, -0.05) is 12.8 Å². The monoisotopic (exact) mass is 340 g/mol. The summed E-state index contributed by atoms with van der Waals surface area (Å²) in [5, 5.41) is 8.49. The number of nitrogens with zero attached hydrogens (tertiary/aromatic N) is 3. The first-order valence-corrected chi connectivity index (χ1v) is 9.51. The van der Waals surface area contributed by atoms with Crippen LogP contribution in [-0.2, 0) is 18.3 Å². The molecular formula is C20H28N4O. The van der Waals surface area contributed by atoms with Crippen LogP contribution >= 0.6 is 0 Å². The van der Waals surface area contributed by atoms with Crippen molar-refractivity contribution in [2.45, 2.75) is 57.7 Å². The molecule has 2 atom stereocenters. The second kappa shape index (κ2) is 6.89. The fourth-order valence-corrected chi connectivity index (χ4v) is 4.83. The molecule has 2 aliphatic rings. The average Bonchev–Trinajstić information content (AvgIpc) is 3.27. The number of hydrogen-bond donors (Lipinski definition) is 1. The summed E-state index contributed by atoms with van der Waals surface area (Å²) in [7, 11) is 1.99. The van der Waals surface area contributed by atoms with Gasteiger partial charge in [0.2, 0.25) is 0 Å². The van der Waals surface area contributed by atoms with Crippen LogP contribution in [0.5, 0.6) is 0 Å². The molecule has 2 fully saturated rings. The fourth-order valence-electron chi connectivity index (χ4n) is 4.83. The lowest BCUT2D eigenvalue weighted by Gasteiger charge is -2.54. The van der Waals surface area contributed by atoms with E-state index in [4.69, 9.17) is 4.74 Å². The van der Waals surface area contributed by atoms with Gasteiger partial charge >= 0.3 is 0 Å². The fraction of sp³-hybridized carbons (Fsp3) is 0.600. The Bertz CT molecular complexity index is 706. The molecule has 25 heavy (non-hydrogen) atoms. The van der Waals surface area contributed by atoms with Gasteiger partial charge in [-0.3, -0.25) is 9.67 Å². The Morgan fingerprint density at radius 1 is 1.28 bits per heavy atom. The number of ether oxygens (including phenoxy) is 1. The van der Waals surface area contributed by atoms with E-state index in [0.717, 1.165) is 30.8 Å². The van der Waals surface area contributed by atoms with E-state index in [0.29, 0.717) is 17.6 Å². The molecule has 2 saturated carbocycles. The molecule has 2 aromatic heterocycles. The van der Waals surface area contributed by atoms with E-state index in [1.54, 1.807) is 0 Å². The molecule has 134 valence electrons. The van der Waals surface area contributed by atoms with Crippen LogP contribution < -0.4 is 5.32 Å². The number of aromatic nitrogens is 3. The van der Waals surface area contributed by atoms with Crippen molar-refractivity contribution in [1.82, 2.24) is 20.1 Å². The molecule has 2 heterocycles. The number of nitrogens with one attached hydrogen (secondary N) is 1. The molecule has 2 aromatic rings. The Kier molecular flexibility index (Phi) is 4.61. The molecule has 5 nitrogen and oxygen atoms in total. The van der Waals surface area contributed by atoms with Gasteiger partial charge in [0.25, 0.3) is 0 Å². The van der Waals surface area contributed by atoms with Crippen molar-refractivity contribution < 1.29 is 4.74 Å². The van der Waals surface area contributed by atoms with E-state index >= 15 is 0 Å². The smallest absolute Gasteiger partial charge is 0.0969 e. The summed E-state index contributed by atoms with van der Waals surface area (Å²) in [6, 6.07) is 4.62. The Balaban J connectivity index is 1.47.